The number of nitrogens with one attached hydrogen (secondary N) is 3. The van der Waals surface area contributed by atoms with Crippen molar-refractivity contribution < 1.29 is 38.1 Å². The van der Waals surface area contributed by atoms with E-state index in [1.165, 1.54) is 50.5 Å². The Bertz CT molecular complexity index is 2180. The van der Waals surface area contributed by atoms with E-state index in [-0.39, 0.29) is 11.6 Å². The number of hydrogen-bond donors (Lipinski definition) is 3. The molecule has 3 N–H and O–H groups in total. The summed E-state index contributed by atoms with van der Waals surface area (Å²) in [4.78, 5) is 56.7. The van der Waals surface area contributed by atoms with E-state index < -0.39 is 28.8 Å². The molecule has 3 aromatic carbocycles. The second kappa shape index (κ2) is 18.8. The van der Waals surface area contributed by atoms with Crippen molar-refractivity contribution in [2.45, 2.75) is 62.8 Å². The van der Waals surface area contributed by atoms with Gasteiger partial charge in [0.2, 0.25) is 11.7 Å². The van der Waals surface area contributed by atoms with E-state index >= 15 is 0 Å². The number of thioether (sulfide) groups is 1. The van der Waals surface area contributed by atoms with Crippen molar-refractivity contribution in [3.8, 4) is 23.3 Å². The Morgan fingerprint density at radius 3 is 2.28 bits per heavy atom. The maximum atomic E-state index is 13.9. The first-order valence-electron chi connectivity index (χ1n) is 18.1. The Hall–Kier alpha value is -5.98. The number of amides is 4. The van der Waals surface area contributed by atoms with E-state index in [1.807, 2.05) is 33.8 Å². The number of carbonyl (C=O) groups is 4. The van der Waals surface area contributed by atoms with Crippen LogP contribution < -0.4 is 30.2 Å². The highest BCUT2D eigenvalue weighted by molar-refractivity contribution is 8.00. The van der Waals surface area contributed by atoms with Gasteiger partial charge in [0.1, 0.15) is 22.4 Å². The average molecular weight is 812 g/mol. The van der Waals surface area contributed by atoms with Crippen LogP contribution in [0.15, 0.2) is 77.3 Å². The molecule has 1 aromatic heterocycles. The molecule has 1 unspecified atom stereocenters. The van der Waals surface area contributed by atoms with Gasteiger partial charge in [-0.15, -0.1) is 23.1 Å². The molecule has 4 aromatic rings. The van der Waals surface area contributed by atoms with Crippen LogP contribution in [0.4, 0.5) is 15.5 Å². The summed E-state index contributed by atoms with van der Waals surface area (Å²) < 4.78 is 21.9. The molecule has 0 fully saturated rings. The lowest BCUT2D eigenvalue weighted by Gasteiger charge is -2.29. The minimum atomic E-state index is -0.635. The van der Waals surface area contributed by atoms with Gasteiger partial charge in [-0.1, -0.05) is 31.2 Å². The number of nitrogens with zero attached hydrogens (tertiary/aromatic N) is 2. The fourth-order valence-corrected chi connectivity index (χ4v) is 8.14. The maximum absolute atomic E-state index is 13.9. The highest BCUT2D eigenvalue weighted by Gasteiger charge is 2.31. The quantitative estimate of drug-likeness (QED) is 0.0893. The van der Waals surface area contributed by atoms with Gasteiger partial charge in [-0.25, -0.2) is 4.79 Å². The van der Waals surface area contributed by atoms with Crippen LogP contribution in [0.3, 0.4) is 0 Å². The van der Waals surface area contributed by atoms with Crippen LogP contribution in [-0.2, 0) is 27.3 Å². The van der Waals surface area contributed by atoms with Crippen molar-refractivity contribution >= 4 is 63.7 Å². The Labute approximate surface area is 340 Å². The number of ether oxygens (including phenoxy) is 4. The summed E-state index contributed by atoms with van der Waals surface area (Å²) in [5.74, 6) is -0.271. The van der Waals surface area contributed by atoms with Gasteiger partial charge in [0.25, 0.3) is 11.8 Å². The standard InChI is InChI=1S/C42H45N5O8S2/c1-8-34(39(50)46-40-30(23-43)29-17-18-47(24-35(29)57-40)41(51)55-42(2,3)4)56-28-16-12-15-27(22-28)44-38(49)31(45-37(48)26-13-10-9-11-14-26)19-25-20-32(52-5)36(54-7)33(21-25)53-6/h9-16,19-22,34H,8,17-18,24H2,1-7H3,(H,44,49)(H,45,48)(H,46,50)/b31-19+. The molecule has 0 bridgehead atoms. The largest absolute Gasteiger partial charge is 0.493 e. The molecule has 0 saturated heterocycles. The van der Waals surface area contributed by atoms with E-state index in [1.54, 1.807) is 65.6 Å². The van der Waals surface area contributed by atoms with Crippen LogP contribution in [0, 0.1) is 11.3 Å². The third kappa shape index (κ3) is 10.7. The normalized spacial score (nSPS) is 13.0. The molecule has 2 heterocycles. The van der Waals surface area contributed by atoms with Crippen LogP contribution in [-0.4, -0.2) is 67.4 Å². The molecule has 298 valence electrons. The van der Waals surface area contributed by atoms with Crippen molar-refractivity contribution in [2.24, 2.45) is 0 Å². The van der Waals surface area contributed by atoms with Gasteiger partial charge in [0, 0.05) is 27.6 Å². The van der Waals surface area contributed by atoms with Crippen LogP contribution >= 0.6 is 23.1 Å². The van der Waals surface area contributed by atoms with Crippen molar-refractivity contribution in [2.75, 3.05) is 38.5 Å². The molecule has 0 radical (unpaired) electrons. The molecule has 15 heteroatoms. The summed E-state index contributed by atoms with van der Waals surface area (Å²) in [6.07, 6.45) is 2.03. The molecule has 57 heavy (non-hydrogen) atoms. The molecule has 5 rings (SSSR count). The first-order valence-corrected chi connectivity index (χ1v) is 19.8. The lowest BCUT2D eigenvalue weighted by Crippen LogP contribution is -2.39. The highest BCUT2D eigenvalue weighted by atomic mass is 32.2. The average Bonchev–Trinajstić information content (AvgIpc) is 3.54. The van der Waals surface area contributed by atoms with Crippen molar-refractivity contribution in [3.63, 3.8) is 0 Å². The Balaban J connectivity index is 1.33. The summed E-state index contributed by atoms with van der Waals surface area (Å²) in [5, 5.41) is 18.5. The van der Waals surface area contributed by atoms with E-state index in [2.05, 4.69) is 22.0 Å². The topological polar surface area (TPSA) is 168 Å². The van der Waals surface area contributed by atoms with Gasteiger partial charge < -0.3 is 39.8 Å². The zero-order valence-electron chi connectivity index (χ0n) is 32.8. The highest BCUT2D eigenvalue weighted by Crippen LogP contribution is 2.40. The van der Waals surface area contributed by atoms with Gasteiger partial charge >= 0.3 is 6.09 Å². The second-order valence-corrected chi connectivity index (χ2v) is 16.2. The van der Waals surface area contributed by atoms with Crippen molar-refractivity contribution in [1.82, 2.24) is 10.2 Å². The molecule has 13 nitrogen and oxygen atoms in total. The number of methoxy groups -OCH3 is 3. The minimum absolute atomic E-state index is 0.0526. The Kier molecular flexibility index (Phi) is 13.9. The molecule has 0 spiro atoms. The minimum Gasteiger partial charge on any atom is -0.493 e. The smallest absolute Gasteiger partial charge is 0.410 e. The van der Waals surface area contributed by atoms with Gasteiger partial charge in [0.15, 0.2) is 11.5 Å². The van der Waals surface area contributed by atoms with Crippen LogP contribution in [0.2, 0.25) is 0 Å². The van der Waals surface area contributed by atoms with E-state index in [0.717, 1.165) is 10.4 Å². The van der Waals surface area contributed by atoms with E-state index in [9.17, 15) is 24.4 Å². The summed E-state index contributed by atoms with van der Waals surface area (Å²) in [7, 11) is 4.45. The van der Waals surface area contributed by atoms with Gasteiger partial charge in [-0.2, -0.15) is 5.26 Å². The molecular weight excluding hydrogens is 767 g/mol. The number of fused-ring (bicyclic) bond motifs is 1. The Morgan fingerprint density at radius 2 is 1.67 bits per heavy atom. The molecule has 1 atom stereocenters. The van der Waals surface area contributed by atoms with Crippen molar-refractivity contribution in [1.29, 1.82) is 5.26 Å². The molecule has 1 aliphatic heterocycles. The molecular formula is C42H45N5O8S2. The van der Waals surface area contributed by atoms with Crippen LogP contribution in [0.5, 0.6) is 17.2 Å². The number of hydrogen-bond acceptors (Lipinski definition) is 11. The van der Waals surface area contributed by atoms with E-state index in [0.29, 0.717) is 75.5 Å². The first-order chi connectivity index (χ1) is 27.3. The molecule has 0 aliphatic carbocycles. The van der Waals surface area contributed by atoms with E-state index in [4.69, 9.17) is 18.9 Å². The molecule has 1 aliphatic rings. The molecule has 0 saturated carbocycles. The second-order valence-electron chi connectivity index (χ2n) is 13.8. The van der Waals surface area contributed by atoms with Crippen LogP contribution in [0.1, 0.15) is 66.0 Å². The number of nitriles is 1. The van der Waals surface area contributed by atoms with Crippen molar-refractivity contribution in [3.05, 3.63) is 99.6 Å². The predicted molar refractivity (Wildman–Crippen MR) is 221 cm³/mol. The third-order valence-corrected chi connectivity index (χ3v) is 11.1. The fraction of sp³-hybridized carbons (Fsp3) is 0.310. The summed E-state index contributed by atoms with van der Waals surface area (Å²) in [6.45, 7) is 8.02. The number of carbonyl (C=O) groups excluding carboxylic acids is 4. The SMILES string of the molecule is CCC(Sc1cccc(NC(=O)/C(=C\c2cc(OC)c(OC)c(OC)c2)NC(=O)c2ccccc2)c1)C(=O)Nc1sc2c(c1C#N)CCN(C(=O)OC(C)(C)C)C2. The fourth-order valence-electron chi connectivity index (χ4n) is 5.91. The monoisotopic (exact) mass is 811 g/mol. The summed E-state index contributed by atoms with van der Waals surface area (Å²) in [6, 6.07) is 21.1. The Morgan fingerprint density at radius 1 is 0.965 bits per heavy atom. The number of rotatable bonds is 13. The number of anilines is 2. The van der Waals surface area contributed by atoms with Gasteiger partial charge in [0.05, 0.1) is 38.7 Å². The lowest BCUT2D eigenvalue weighted by atomic mass is 10.0. The zero-order valence-corrected chi connectivity index (χ0v) is 34.4. The van der Waals surface area contributed by atoms with Gasteiger partial charge in [-0.3, -0.25) is 14.4 Å². The summed E-state index contributed by atoms with van der Waals surface area (Å²) >= 11 is 2.60. The predicted octanol–water partition coefficient (Wildman–Crippen LogP) is 7.86. The zero-order chi connectivity index (χ0) is 41.3. The molecule has 4 amide bonds. The maximum Gasteiger partial charge on any atom is 0.410 e. The number of thiophene rings is 1. The third-order valence-electron chi connectivity index (χ3n) is 8.62. The van der Waals surface area contributed by atoms with Gasteiger partial charge in [-0.05, 0) is 93.3 Å². The first kappa shape index (κ1) is 42.2. The summed E-state index contributed by atoms with van der Waals surface area (Å²) in [5.41, 5.74) is 1.84. The van der Waals surface area contributed by atoms with Crippen LogP contribution in [0.25, 0.3) is 6.08 Å². The number of benzene rings is 3. The lowest BCUT2D eigenvalue weighted by molar-refractivity contribution is -0.116.